The average Bonchev–Trinajstić information content (AvgIpc) is 2.57. The Morgan fingerprint density at radius 2 is 2.04 bits per heavy atom. The molecule has 23 heavy (non-hydrogen) atoms. The SMILES string of the molecule is C=CC1=C/c2c(ncn(C(CC)CCC)c2=O)/C=C/CC\C=C\1. The summed E-state index contributed by atoms with van der Waals surface area (Å²) < 4.78 is 1.79. The summed E-state index contributed by atoms with van der Waals surface area (Å²) >= 11 is 0. The summed E-state index contributed by atoms with van der Waals surface area (Å²) in [5.74, 6) is 0. The standard InChI is InChI=1S/C20H26N2O/c1-4-11-17(6-3)22-15-21-19-13-10-8-7-9-12-16(5-2)14-18(19)20(22)23/h5,9-10,12-15,17H,2,4,6-8,11H2,1,3H3/b12-9+,13-10+,16-14-. The first kappa shape index (κ1) is 17.2. The molecule has 1 aromatic rings. The fraction of sp³-hybridized carbons (Fsp3) is 0.400. The van der Waals surface area contributed by atoms with Crippen LogP contribution in [0.4, 0.5) is 0 Å². The molecule has 0 amide bonds. The van der Waals surface area contributed by atoms with E-state index in [9.17, 15) is 4.79 Å². The van der Waals surface area contributed by atoms with E-state index in [-0.39, 0.29) is 11.6 Å². The molecular weight excluding hydrogens is 284 g/mol. The molecule has 0 radical (unpaired) electrons. The van der Waals surface area contributed by atoms with Crippen LogP contribution in [-0.4, -0.2) is 9.55 Å². The maximum atomic E-state index is 13.0. The summed E-state index contributed by atoms with van der Waals surface area (Å²) in [4.78, 5) is 17.5. The summed E-state index contributed by atoms with van der Waals surface area (Å²) in [6.07, 6.45) is 18.5. The molecule has 0 saturated carbocycles. The number of aromatic nitrogens is 2. The summed E-state index contributed by atoms with van der Waals surface area (Å²) in [6, 6.07) is 0.209. The van der Waals surface area contributed by atoms with Gasteiger partial charge in [-0.15, -0.1) is 0 Å². The zero-order valence-corrected chi connectivity index (χ0v) is 14.2. The number of fused-ring (bicyclic) bond motifs is 1. The van der Waals surface area contributed by atoms with E-state index in [1.165, 1.54) is 0 Å². The van der Waals surface area contributed by atoms with Crippen molar-refractivity contribution in [1.29, 1.82) is 0 Å². The summed E-state index contributed by atoms with van der Waals surface area (Å²) in [5, 5.41) is 0. The molecule has 0 spiro atoms. The second-order valence-corrected chi connectivity index (χ2v) is 5.84. The van der Waals surface area contributed by atoms with Gasteiger partial charge in [0.2, 0.25) is 0 Å². The smallest absolute Gasteiger partial charge is 0.261 e. The normalized spacial score (nSPS) is 20.7. The highest BCUT2D eigenvalue weighted by atomic mass is 16.1. The van der Waals surface area contributed by atoms with Crippen LogP contribution in [0.15, 0.2) is 47.6 Å². The molecule has 1 heterocycles. The van der Waals surface area contributed by atoms with Gasteiger partial charge >= 0.3 is 0 Å². The van der Waals surface area contributed by atoms with Crippen LogP contribution in [0, 0.1) is 0 Å². The molecule has 0 saturated heterocycles. The van der Waals surface area contributed by atoms with Gasteiger partial charge in [-0.3, -0.25) is 9.36 Å². The van der Waals surface area contributed by atoms with Crippen molar-refractivity contribution in [3.05, 3.63) is 64.4 Å². The van der Waals surface area contributed by atoms with Gasteiger partial charge in [0.1, 0.15) is 0 Å². The van der Waals surface area contributed by atoms with Crippen LogP contribution in [0.2, 0.25) is 0 Å². The average molecular weight is 310 g/mol. The monoisotopic (exact) mass is 310 g/mol. The Morgan fingerprint density at radius 3 is 2.70 bits per heavy atom. The molecule has 0 N–H and O–H groups in total. The highest BCUT2D eigenvalue weighted by Gasteiger charge is 2.14. The Bertz CT molecular complexity index is 692. The van der Waals surface area contributed by atoms with Gasteiger partial charge in [0, 0.05) is 6.04 Å². The fourth-order valence-electron chi connectivity index (χ4n) is 2.85. The first-order chi connectivity index (χ1) is 11.2. The molecule has 3 heteroatoms. The van der Waals surface area contributed by atoms with Crippen LogP contribution < -0.4 is 5.56 Å². The predicted octanol–water partition coefficient (Wildman–Crippen LogP) is 4.93. The van der Waals surface area contributed by atoms with Gasteiger partial charge in [0.05, 0.1) is 17.6 Å². The lowest BCUT2D eigenvalue weighted by atomic mass is 10.1. The highest BCUT2D eigenvalue weighted by molar-refractivity contribution is 5.66. The molecule has 1 aromatic heterocycles. The lowest BCUT2D eigenvalue weighted by Gasteiger charge is -2.18. The van der Waals surface area contributed by atoms with Crippen molar-refractivity contribution >= 4 is 12.2 Å². The van der Waals surface area contributed by atoms with E-state index in [0.717, 1.165) is 43.4 Å². The van der Waals surface area contributed by atoms with Crippen molar-refractivity contribution in [3.63, 3.8) is 0 Å². The van der Waals surface area contributed by atoms with Gasteiger partial charge in [-0.1, -0.05) is 51.2 Å². The van der Waals surface area contributed by atoms with E-state index in [4.69, 9.17) is 0 Å². The fourth-order valence-corrected chi connectivity index (χ4v) is 2.85. The lowest BCUT2D eigenvalue weighted by molar-refractivity contribution is 0.430. The molecule has 0 bridgehead atoms. The minimum absolute atomic E-state index is 0.0354. The molecular formula is C20H26N2O. The van der Waals surface area contributed by atoms with E-state index in [0.29, 0.717) is 5.56 Å². The maximum Gasteiger partial charge on any atom is 0.261 e. The third-order valence-corrected chi connectivity index (χ3v) is 4.18. The van der Waals surface area contributed by atoms with E-state index in [1.807, 2.05) is 18.2 Å². The summed E-state index contributed by atoms with van der Waals surface area (Å²) in [6.45, 7) is 8.11. The van der Waals surface area contributed by atoms with Gasteiger partial charge in [0.15, 0.2) is 0 Å². The number of hydrogen-bond acceptors (Lipinski definition) is 2. The van der Waals surface area contributed by atoms with Gasteiger partial charge in [0.25, 0.3) is 5.56 Å². The van der Waals surface area contributed by atoms with Gasteiger partial charge in [-0.05, 0) is 43.4 Å². The molecule has 0 fully saturated rings. The van der Waals surface area contributed by atoms with Crippen LogP contribution >= 0.6 is 0 Å². The molecule has 0 aliphatic heterocycles. The summed E-state index contributed by atoms with van der Waals surface area (Å²) in [5.41, 5.74) is 2.38. The van der Waals surface area contributed by atoms with Crippen molar-refractivity contribution in [2.45, 2.75) is 52.0 Å². The minimum Gasteiger partial charge on any atom is -0.296 e. The van der Waals surface area contributed by atoms with Gasteiger partial charge < -0.3 is 0 Å². The molecule has 3 nitrogen and oxygen atoms in total. The van der Waals surface area contributed by atoms with Crippen LogP contribution in [0.5, 0.6) is 0 Å². The first-order valence-corrected chi connectivity index (χ1v) is 8.49. The number of nitrogens with zero attached hydrogens (tertiary/aromatic N) is 2. The van der Waals surface area contributed by atoms with Crippen LogP contribution in [-0.2, 0) is 0 Å². The Labute approximate surface area is 138 Å². The third kappa shape index (κ3) is 4.19. The molecule has 2 rings (SSSR count). The van der Waals surface area contributed by atoms with Crippen LogP contribution in [0.25, 0.3) is 12.2 Å². The zero-order valence-electron chi connectivity index (χ0n) is 14.2. The Kier molecular flexibility index (Phi) is 6.33. The van der Waals surface area contributed by atoms with Crippen molar-refractivity contribution in [1.82, 2.24) is 9.55 Å². The van der Waals surface area contributed by atoms with E-state index in [1.54, 1.807) is 17.0 Å². The third-order valence-electron chi connectivity index (χ3n) is 4.18. The van der Waals surface area contributed by atoms with Crippen LogP contribution in [0.3, 0.4) is 0 Å². The van der Waals surface area contributed by atoms with E-state index < -0.39 is 0 Å². The second-order valence-electron chi connectivity index (χ2n) is 5.84. The van der Waals surface area contributed by atoms with Crippen molar-refractivity contribution in [2.75, 3.05) is 0 Å². The maximum absolute atomic E-state index is 13.0. The number of allylic oxidation sites excluding steroid dienone is 5. The molecule has 0 aromatic carbocycles. The van der Waals surface area contributed by atoms with Crippen molar-refractivity contribution in [3.8, 4) is 0 Å². The topological polar surface area (TPSA) is 34.9 Å². The quantitative estimate of drug-likeness (QED) is 0.773. The van der Waals surface area contributed by atoms with E-state index in [2.05, 4.69) is 37.6 Å². The second kappa shape index (κ2) is 8.47. The Morgan fingerprint density at radius 1 is 1.30 bits per heavy atom. The van der Waals surface area contributed by atoms with E-state index >= 15 is 0 Å². The minimum atomic E-state index is 0.0354. The first-order valence-electron chi connectivity index (χ1n) is 8.49. The number of hydrogen-bond donors (Lipinski definition) is 0. The molecule has 1 aliphatic carbocycles. The van der Waals surface area contributed by atoms with Crippen molar-refractivity contribution < 1.29 is 0 Å². The Balaban J connectivity index is 2.61. The molecule has 1 atom stereocenters. The highest BCUT2D eigenvalue weighted by Crippen LogP contribution is 2.18. The van der Waals surface area contributed by atoms with Gasteiger partial charge in [-0.2, -0.15) is 0 Å². The Hall–Kier alpha value is -2.16. The van der Waals surface area contributed by atoms with Gasteiger partial charge in [-0.25, -0.2) is 4.98 Å². The molecule has 1 aliphatic rings. The number of rotatable bonds is 5. The summed E-state index contributed by atoms with van der Waals surface area (Å²) in [7, 11) is 0. The largest absolute Gasteiger partial charge is 0.296 e. The zero-order chi connectivity index (χ0) is 16.7. The predicted molar refractivity (Wildman–Crippen MR) is 98.3 cm³/mol. The van der Waals surface area contributed by atoms with Crippen LogP contribution in [0.1, 0.15) is 63.3 Å². The lowest BCUT2D eigenvalue weighted by Crippen LogP contribution is -2.27. The molecule has 1 unspecified atom stereocenters. The van der Waals surface area contributed by atoms with Crippen molar-refractivity contribution in [2.24, 2.45) is 0 Å². The molecule has 122 valence electrons.